The number of amides is 1. The van der Waals surface area contributed by atoms with Crippen LogP contribution in [0.15, 0.2) is 5.51 Å². The third-order valence-corrected chi connectivity index (χ3v) is 1.78. The molecule has 0 saturated carbocycles. The van der Waals surface area contributed by atoms with E-state index in [4.69, 9.17) is 0 Å². The number of nitrogens with one attached hydrogen (secondary N) is 1. The molecule has 0 aliphatic heterocycles. The van der Waals surface area contributed by atoms with Gasteiger partial charge in [0.15, 0.2) is 0 Å². The first-order valence-corrected chi connectivity index (χ1v) is 4.27. The van der Waals surface area contributed by atoms with Crippen LogP contribution in [0.3, 0.4) is 0 Å². The number of rotatable bonds is 3. The SMILES string of the molecule is CCCNC(=O)c1nncs1. The first-order chi connectivity index (χ1) is 5.34. The van der Waals surface area contributed by atoms with E-state index >= 15 is 0 Å². The van der Waals surface area contributed by atoms with Gasteiger partial charge in [-0.1, -0.05) is 18.3 Å². The Morgan fingerprint density at radius 1 is 1.82 bits per heavy atom. The molecular weight excluding hydrogens is 162 g/mol. The van der Waals surface area contributed by atoms with Crippen molar-refractivity contribution in [3.63, 3.8) is 0 Å². The summed E-state index contributed by atoms with van der Waals surface area (Å²) in [6.07, 6.45) is 0.935. The Balaban J connectivity index is 2.43. The topological polar surface area (TPSA) is 54.9 Å². The number of aromatic nitrogens is 2. The van der Waals surface area contributed by atoms with Gasteiger partial charge in [-0.05, 0) is 6.42 Å². The molecule has 0 radical (unpaired) electrons. The van der Waals surface area contributed by atoms with Crippen LogP contribution in [0.2, 0.25) is 0 Å². The van der Waals surface area contributed by atoms with E-state index in [9.17, 15) is 4.79 Å². The summed E-state index contributed by atoms with van der Waals surface area (Å²) in [5.41, 5.74) is 1.54. The Hall–Kier alpha value is -0.970. The van der Waals surface area contributed by atoms with E-state index < -0.39 is 0 Å². The molecule has 5 heteroatoms. The Labute approximate surface area is 68.7 Å². The molecule has 1 heterocycles. The van der Waals surface area contributed by atoms with Crippen LogP contribution in [0.1, 0.15) is 23.1 Å². The van der Waals surface area contributed by atoms with Crippen molar-refractivity contribution in [2.45, 2.75) is 13.3 Å². The summed E-state index contributed by atoms with van der Waals surface area (Å²) in [4.78, 5) is 11.1. The number of hydrogen-bond donors (Lipinski definition) is 1. The summed E-state index contributed by atoms with van der Waals surface area (Å²) < 4.78 is 0. The third kappa shape index (κ3) is 2.27. The van der Waals surface area contributed by atoms with Gasteiger partial charge in [-0.3, -0.25) is 4.79 Å². The van der Waals surface area contributed by atoms with Gasteiger partial charge in [0.2, 0.25) is 5.01 Å². The second-order valence-corrected chi connectivity index (χ2v) is 2.83. The number of carbonyl (C=O) groups is 1. The monoisotopic (exact) mass is 171 g/mol. The molecule has 1 N–H and O–H groups in total. The van der Waals surface area contributed by atoms with E-state index in [0.717, 1.165) is 6.42 Å². The Morgan fingerprint density at radius 2 is 2.64 bits per heavy atom. The van der Waals surface area contributed by atoms with Crippen LogP contribution < -0.4 is 5.32 Å². The van der Waals surface area contributed by atoms with Gasteiger partial charge in [-0.25, -0.2) is 0 Å². The summed E-state index contributed by atoms with van der Waals surface area (Å²) >= 11 is 1.25. The summed E-state index contributed by atoms with van der Waals surface area (Å²) in [5, 5.41) is 10.3. The van der Waals surface area contributed by atoms with Crippen LogP contribution in [0.25, 0.3) is 0 Å². The summed E-state index contributed by atoms with van der Waals surface area (Å²) in [6, 6.07) is 0. The lowest BCUT2D eigenvalue weighted by Crippen LogP contribution is -2.23. The number of carbonyl (C=O) groups excluding carboxylic acids is 1. The van der Waals surface area contributed by atoms with Crippen molar-refractivity contribution in [3.05, 3.63) is 10.5 Å². The first-order valence-electron chi connectivity index (χ1n) is 3.39. The lowest BCUT2D eigenvalue weighted by molar-refractivity contribution is 0.0952. The Morgan fingerprint density at radius 3 is 3.18 bits per heavy atom. The minimum absolute atomic E-state index is 0.130. The zero-order valence-electron chi connectivity index (χ0n) is 6.20. The van der Waals surface area contributed by atoms with E-state index in [1.165, 1.54) is 11.3 Å². The maximum absolute atomic E-state index is 11.1. The molecule has 0 aliphatic carbocycles. The van der Waals surface area contributed by atoms with E-state index in [2.05, 4.69) is 15.5 Å². The van der Waals surface area contributed by atoms with Gasteiger partial charge in [0, 0.05) is 6.54 Å². The second kappa shape index (κ2) is 4.02. The molecule has 4 nitrogen and oxygen atoms in total. The van der Waals surface area contributed by atoms with Crippen molar-refractivity contribution in [2.24, 2.45) is 0 Å². The molecule has 0 fully saturated rings. The number of hydrogen-bond acceptors (Lipinski definition) is 4. The lowest BCUT2D eigenvalue weighted by atomic mass is 10.5. The van der Waals surface area contributed by atoms with Crippen LogP contribution >= 0.6 is 11.3 Å². The molecule has 0 aliphatic rings. The van der Waals surface area contributed by atoms with E-state index in [0.29, 0.717) is 11.6 Å². The predicted molar refractivity (Wildman–Crippen MR) is 42.5 cm³/mol. The van der Waals surface area contributed by atoms with Gasteiger partial charge < -0.3 is 5.32 Å². The molecule has 0 unspecified atom stereocenters. The van der Waals surface area contributed by atoms with Crippen molar-refractivity contribution in [1.29, 1.82) is 0 Å². The van der Waals surface area contributed by atoms with Gasteiger partial charge in [0.25, 0.3) is 5.91 Å². The molecule has 0 bridgehead atoms. The minimum atomic E-state index is -0.130. The fourth-order valence-electron chi connectivity index (χ4n) is 0.586. The molecule has 11 heavy (non-hydrogen) atoms. The summed E-state index contributed by atoms with van der Waals surface area (Å²) in [6.45, 7) is 2.69. The zero-order chi connectivity index (χ0) is 8.10. The van der Waals surface area contributed by atoms with Gasteiger partial charge in [-0.2, -0.15) is 0 Å². The third-order valence-electron chi connectivity index (χ3n) is 1.09. The fourth-order valence-corrected chi connectivity index (χ4v) is 1.05. The summed E-state index contributed by atoms with van der Waals surface area (Å²) in [5.74, 6) is -0.130. The average Bonchev–Trinajstić information content (AvgIpc) is 2.52. The first kappa shape index (κ1) is 8.13. The van der Waals surface area contributed by atoms with Gasteiger partial charge >= 0.3 is 0 Å². The van der Waals surface area contributed by atoms with E-state index in [1.807, 2.05) is 6.92 Å². The van der Waals surface area contributed by atoms with Crippen molar-refractivity contribution < 1.29 is 4.79 Å². The lowest BCUT2D eigenvalue weighted by Gasteiger charge is -1.96. The molecule has 1 amide bonds. The molecule has 0 spiro atoms. The quantitative estimate of drug-likeness (QED) is 0.727. The highest BCUT2D eigenvalue weighted by atomic mass is 32.1. The van der Waals surface area contributed by atoms with Crippen LogP contribution in [0, 0.1) is 0 Å². The van der Waals surface area contributed by atoms with Gasteiger partial charge in [0.1, 0.15) is 5.51 Å². The predicted octanol–water partition coefficient (Wildman–Crippen LogP) is 0.678. The minimum Gasteiger partial charge on any atom is -0.350 e. The maximum atomic E-state index is 11.1. The largest absolute Gasteiger partial charge is 0.350 e. The standard InChI is InChI=1S/C6H9N3OS/c1-2-3-7-5(10)6-9-8-4-11-6/h4H,2-3H2,1H3,(H,7,10). The second-order valence-electron chi connectivity index (χ2n) is 2.00. The zero-order valence-corrected chi connectivity index (χ0v) is 7.02. The van der Waals surface area contributed by atoms with Crippen LogP contribution in [-0.4, -0.2) is 22.6 Å². The maximum Gasteiger partial charge on any atom is 0.282 e. The van der Waals surface area contributed by atoms with Crippen molar-refractivity contribution in [1.82, 2.24) is 15.5 Å². The van der Waals surface area contributed by atoms with Gasteiger partial charge in [-0.15, -0.1) is 10.2 Å². The molecule has 0 atom stereocenters. The highest BCUT2D eigenvalue weighted by Gasteiger charge is 2.06. The molecular formula is C6H9N3OS. The molecule has 0 aromatic carbocycles. The molecule has 0 saturated heterocycles. The van der Waals surface area contributed by atoms with Gasteiger partial charge in [0.05, 0.1) is 0 Å². The highest BCUT2D eigenvalue weighted by molar-refractivity contribution is 7.11. The van der Waals surface area contributed by atoms with Crippen molar-refractivity contribution in [3.8, 4) is 0 Å². The van der Waals surface area contributed by atoms with Crippen LogP contribution in [0.5, 0.6) is 0 Å². The molecule has 60 valence electrons. The Kier molecular flexibility index (Phi) is 2.97. The summed E-state index contributed by atoms with van der Waals surface area (Å²) in [7, 11) is 0. The van der Waals surface area contributed by atoms with Crippen LogP contribution in [0.4, 0.5) is 0 Å². The normalized spacial score (nSPS) is 9.55. The average molecular weight is 171 g/mol. The molecule has 1 rings (SSSR count). The highest BCUT2D eigenvalue weighted by Crippen LogP contribution is 1.99. The molecule has 1 aromatic heterocycles. The number of nitrogens with zero attached hydrogens (tertiary/aromatic N) is 2. The smallest absolute Gasteiger partial charge is 0.282 e. The van der Waals surface area contributed by atoms with Crippen molar-refractivity contribution >= 4 is 17.2 Å². The van der Waals surface area contributed by atoms with E-state index in [-0.39, 0.29) is 5.91 Å². The fraction of sp³-hybridized carbons (Fsp3) is 0.500. The van der Waals surface area contributed by atoms with Crippen LogP contribution in [-0.2, 0) is 0 Å². The molecule has 1 aromatic rings. The van der Waals surface area contributed by atoms with E-state index in [1.54, 1.807) is 5.51 Å². The van der Waals surface area contributed by atoms with Crippen molar-refractivity contribution in [2.75, 3.05) is 6.54 Å². The Bertz CT molecular complexity index is 222.